The minimum atomic E-state index is -1.52. The molecule has 1 aliphatic carbocycles. The maximum atomic E-state index is 6.35. The summed E-state index contributed by atoms with van der Waals surface area (Å²) in [6.45, 7) is 6.76. The molecule has 1 aromatic rings. The topological polar surface area (TPSA) is 9.23 Å². The second-order valence-electron chi connectivity index (χ2n) is 5.75. The molecule has 1 unspecified atom stereocenters. The summed E-state index contributed by atoms with van der Waals surface area (Å²) < 4.78 is 6.35. The summed E-state index contributed by atoms with van der Waals surface area (Å²) in [5, 5.41) is 0. The van der Waals surface area contributed by atoms with Gasteiger partial charge >= 0.3 is 0 Å². The molecule has 1 aromatic carbocycles. The zero-order chi connectivity index (χ0) is 13.0. The highest BCUT2D eigenvalue weighted by atomic mass is 28.4. The summed E-state index contributed by atoms with van der Waals surface area (Å²) in [7, 11) is -1.52. The van der Waals surface area contributed by atoms with Crippen LogP contribution in [-0.4, -0.2) is 14.4 Å². The Morgan fingerprint density at radius 3 is 2.44 bits per heavy atom. The van der Waals surface area contributed by atoms with E-state index in [2.05, 4.69) is 68.2 Å². The van der Waals surface area contributed by atoms with Gasteiger partial charge in [0.2, 0.25) is 0 Å². The maximum Gasteiger partial charge on any atom is 0.184 e. The predicted molar refractivity (Wildman–Crippen MR) is 80.2 cm³/mol. The Bertz CT molecular complexity index is 440. The molecule has 0 heterocycles. The molecule has 0 saturated carbocycles. The van der Waals surface area contributed by atoms with E-state index in [0.717, 1.165) is 12.8 Å². The van der Waals surface area contributed by atoms with Crippen LogP contribution in [-0.2, 0) is 10.8 Å². The maximum absolute atomic E-state index is 6.35. The van der Waals surface area contributed by atoms with Gasteiger partial charge in [-0.25, -0.2) is 0 Å². The number of rotatable bonds is 5. The first-order chi connectivity index (χ1) is 8.54. The highest BCUT2D eigenvalue weighted by Crippen LogP contribution is 2.23. The molecule has 2 heteroatoms. The lowest BCUT2D eigenvalue weighted by Gasteiger charge is -2.27. The SMILES string of the molecule is C[Si](C)(C)OC(Cc1ccccc1)C1=CCC=C1. The van der Waals surface area contributed by atoms with Crippen LogP contribution in [0.15, 0.2) is 54.1 Å². The second kappa shape index (κ2) is 5.68. The van der Waals surface area contributed by atoms with E-state index in [1.165, 1.54) is 11.1 Å². The van der Waals surface area contributed by atoms with Gasteiger partial charge in [0.15, 0.2) is 8.32 Å². The Labute approximate surface area is 111 Å². The fourth-order valence-electron chi connectivity index (χ4n) is 2.20. The first-order valence-corrected chi connectivity index (χ1v) is 10.0. The van der Waals surface area contributed by atoms with Crippen molar-refractivity contribution in [3.05, 3.63) is 59.7 Å². The first-order valence-electron chi connectivity index (χ1n) is 6.63. The van der Waals surface area contributed by atoms with Crippen LogP contribution in [0.5, 0.6) is 0 Å². The summed E-state index contributed by atoms with van der Waals surface area (Å²) in [5.74, 6) is 0. The van der Waals surface area contributed by atoms with Gasteiger partial charge in [0.25, 0.3) is 0 Å². The zero-order valence-corrected chi connectivity index (χ0v) is 12.5. The van der Waals surface area contributed by atoms with Crippen molar-refractivity contribution >= 4 is 8.32 Å². The van der Waals surface area contributed by atoms with Crippen molar-refractivity contribution in [2.45, 2.75) is 38.6 Å². The molecule has 96 valence electrons. The summed E-state index contributed by atoms with van der Waals surface area (Å²) in [4.78, 5) is 0. The number of allylic oxidation sites excluding steroid dienone is 2. The van der Waals surface area contributed by atoms with Gasteiger partial charge in [-0.05, 0) is 37.2 Å². The van der Waals surface area contributed by atoms with Crippen LogP contribution in [0.2, 0.25) is 19.6 Å². The van der Waals surface area contributed by atoms with Gasteiger partial charge in [-0.15, -0.1) is 0 Å². The highest BCUT2D eigenvalue weighted by Gasteiger charge is 2.23. The fourth-order valence-corrected chi connectivity index (χ4v) is 3.27. The van der Waals surface area contributed by atoms with E-state index >= 15 is 0 Å². The van der Waals surface area contributed by atoms with E-state index in [1.807, 2.05) is 0 Å². The zero-order valence-electron chi connectivity index (χ0n) is 11.5. The molecule has 0 aromatic heterocycles. The van der Waals surface area contributed by atoms with Crippen molar-refractivity contribution in [2.75, 3.05) is 0 Å². The normalized spacial score (nSPS) is 16.7. The summed E-state index contributed by atoms with van der Waals surface area (Å²) in [6, 6.07) is 10.6. The van der Waals surface area contributed by atoms with Gasteiger partial charge in [0.05, 0.1) is 6.10 Å². The largest absolute Gasteiger partial charge is 0.410 e. The molecule has 2 rings (SSSR count). The van der Waals surface area contributed by atoms with Crippen LogP contribution < -0.4 is 0 Å². The Balaban J connectivity index is 2.12. The van der Waals surface area contributed by atoms with E-state index in [0.29, 0.717) is 0 Å². The molecular formula is C16H22OSi. The van der Waals surface area contributed by atoms with Crippen LogP contribution >= 0.6 is 0 Å². The number of hydrogen-bond donors (Lipinski definition) is 0. The summed E-state index contributed by atoms with van der Waals surface area (Å²) in [6.07, 6.45) is 8.96. The van der Waals surface area contributed by atoms with Crippen molar-refractivity contribution < 1.29 is 4.43 Å². The van der Waals surface area contributed by atoms with Gasteiger partial charge in [-0.3, -0.25) is 0 Å². The predicted octanol–water partition coefficient (Wildman–Crippen LogP) is 4.34. The monoisotopic (exact) mass is 258 g/mol. The number of benzene rings is 1. The van der Waals surface area contributed by atoms with Crippen molar-refractivity contribution in [1.82, 2.24) is 0 Å². The van der Waals surface area contributed by atoms with Crippen LogP contribution in [0.1, 0.15) is 12.0 Å². The van der Waals surface area contributed by atoms with E-state index in [9.17, 15) is 0 Å². The fraction of sp³-hybridized carbons (Fsp3) is 0.375. The summed E-state index contributed by atoms with van der Waals surface area (Å²) in [5.41, 5.74) is 2.70. The van der Waals surface area contributed by atoms with Crippen LogP contribution in [0.4, 0.5) is 0 Å². The van der Waals surface area contributed by atoms with Gasteiger partial charge in [0, 0.05) is 6.42 Å². The van der Waals surface area contributed by atoms with E-state index in [1.54, 1.807) is 0 Å². The quantitative estimate of drug-likeness (QED) is 0.714. The highest BCUT2D eigenvalue weighted by molar-refractivity contribution is 6.69. The van der Waals surface area contributed by atoms with Crippen molar-refractivity contribution in [1.29, 1.82) is 0 Å². The van der Waals surface area contributed by atoms with Crippen molar-refractivity contribution in [2.24, 2.45) is 0 Å². The minimum Gasteiger partial charge on any atom is -0.410 e. The molecule has 0 radical (unpaired) electrons. The lowest BCUT2D eigenvalue weighted by Crippen LogP contribution is -2.34. The molecule has 1 atom stereocenters. The van der Waals surface area contributed by atoms with Gasteiger partial charge in [-0.1, -0.05) is 48.6 Å². The minimum absolute atomic E-state index is 0.220. The Morgan fingerprint density at radius 2 is 1.89 bits per heavy atom. The Hall–Kier alpha value is -1.12. The molecule has 18 heavy (non-hydrogen) atoms. The molecule has 0 N–H and O–H groups in total. The lowest BCUT2D eigenvalue weighted by molar-refractivity contribution is 0.234. The molecule has 0 spiro atoms. The molecular weight excluding hydrogens is 236 g/mol. The third-order valence-electron chi connectivity index (χ3n) is 2.93. The van der Waals surface area contributed by atoms with Crippen LogP contribution in [0.3, 0.4) is 0 Å². The van der Waals surface area contributed by atoms with E-state index < -0.39 is 8.32 Å². The molecule has 0 fully saturated rings. The first kappa shape index (κ1) is 13.3. The molecule has 0 amide bonds. The smallest absolute Gasteiger partial charge is 0.184 e. The molecule has 0 bridgehead atoms. The van der Waals surface area contributed by atoms with Gasteiger partial charge in [0.1, 0.15) is 0 Å². The van der Waals surface area contributed by atoms with Gasteiger partial charge < -0.3 is 4.43 Å². The van der Waals surface area contributed by atoms with Crippen molar-refractivity contribution in [3.8, 4) is 0 Å². The molecule has 0 aliphatic heterocycles. The third-order valence-corrected chi connectivity index (χ3v) is 3.92. The molecule has 0 saturated heterocycles. The third kappa shape index (κ3) is 3.97. The average Bonchev–Trinajstić information content (AvgIpc) is 2.81. The average molecular weight is 258 g/mol. The van der Waals surface area contributed by atoms with Crippen LogP contribution in [0.25, 0.3) is 0 Å². The number of hydrogen-bond acceptors (Lipinski definition) is 1. The second-order valence-corrected chi connectivity index (χ2v) is 10.2. The van der Waals surface area contributed by atoms with E-state index in [-0.39, 0.29) is 6.10 Å². The Morgan fingerprint density at radius 1 is 1.17 bits per heavy atom. The van der Waals surface area contributed by atoms with E-state index in [4.69, 9.17) is 4.43 Å². The standard InChI is InChI=1S/C16H22OSi/c1-18(2,3)17-16(15-11-7-8-12-15)13-14-9-5-4-6-10-14/h4-7,9-12,16H,8,13H2,1-3H3. The van der Waals surface area contributed by atoms with Gasteiger partial charge in [-0.2, -0.15) is 0 Å². The lowest BCUT2D eigenvalue weighted by atomic mass is 10.0. The molecule has 1 aliphatic rings. The Kier molecular flexibility index (Phi) is 4.20. The summed E-state index contributed by atoms with van der Waals surface area (Å²) >= 11 is 0. The van der Waals surface area contributed by atoms with Crippen LogP contribution in [0, 0.1) is 0 Å². The van der Waals surface area contributed by atoms with Crippen molar-refractivity contribution in [3.63, 3.8) is 0 Å². The molecule has 1 nitrogen and oxygen atoms in total.